The minimum Gasteiger partial charge on any atom is -0.394 e. The molecule has 0 heterocycles. The summed E-state index contributed by atoms with van der Waals surface area (Å²) in [4.78, 5) is 0. The van der Waals surface area contributed by atoms with Gasteiger partial charge in [-0.15, -0.1) is 0 Å². The molecule has 0 aromatic heterocycles. The van der Waals surface area contributed by atoms with Gasteiger partial charge in [-0.1, -0.05) is 36.4 Å². The first-order valence-electron chi connectivity index (χ1n) is 6.74. The van der Waals surface area contributed by atoms with Crippen LogP contribution in [0.5, 0.6) is 0 Å². The largest absolute Gasteiger partial charge is 0.394 e. The van der Waals surface area contributed by atoms with Gasteiger partial charge in [0.2, 0.25) is 0 Å². The van der Waals surface area contributed by atoms with Crippen molar-refractivity contribution in [3.63, 3.8) is 0 Å². The fraction of sp³-hybridized carbons (Fsp3) is 0.250. The molecule has 0 aliphatic rings. The number of hydrogen-bond acceptors (Lipinski definition) is 3. The minimum absolute atomic E-state index is 0.0788. The third-order valence-electron chi connectivity index (χ3n) is 3.29. The van der Waals surface area contributed by atoms with E-state index in [1.54, 1.807) is 12.1 Å². The average molecular weight is 353 g/mol. The second-order valence-corrected chi connectivity index (χ2v) is 5.61. The van der Waals surface area contributed by atoms with Gasteiger partial charge in [0.25, 0.3) is 0 Å². The molecule has 0 fully saturated rings. The lowest BCUT2D eigenvalue weighted by Gasteiger charge is -2.19. The Hall–Kier alpha value is -1.43. The summed E-state index contributed by atoms with van der Waals surface area (Å²) in [7, 11) is 0. The number of hydrogen-bond donors (Lipinski definition) is 3. The first-order chi connectivity index (χ1) is 10.2. The Labute approximate surface area is 132 Å². The number of halogens is 2. The molecule has 0 radical (unpaired) electrons. The monoisotopic (exact) mass is 352 g/mol. The highest BCUT2D eigenvalue weighted by Gasteiger charge is 2.14. The van der Waals surface area contributed by atoms with Crippen molar-refractivity contribution < 1.29 is 9.50 Å². The van der Waals surface area contributed by atoms with Crippen molar-refractivity contribution >= 4 is 21.6 Å². The smallest absolute Gasteiger partial charge is 0.160 e. The summed E-state index contributed by atoms with van der Waals surface area (Å²) in [5.41, 5.74) is 7.69. The third kappa shape index (κ3) is 4.03. The van der Waals surface area contributed by atoms with Gasteiger partial charge in [0.05, 0.1) is 22.8 Å². The van der Waals surface area contributed by atoms with Crippen molar-refractivity contribution in [2.45, 2.75) is 19.0 Å². The van der Waals surface area contributed by atoms with Crippen molar-refractivity contribution in [3.8, 4) is 0 Å². The first-order valence-corrected chi connectivity index (χ1v) is 7.53. The van der Waals surface area contributed by atoms with Crippen molar-refractivity contribution in [1.29, 1.82) is 0 Å². The molecule has 21 heavy (non-hydrogen) atoms. The molecule has 5 heteroatoms. The van der Waals surface area contributed by atoms with Gasteiger partial charge in [-0.3, -0.25) is 0 Å². The maximum atomic E-state index is 14.2. The second-order valence-electron chi connectivity index (χ2n) is 4.82. The van der Waals surface area contributed by atoms with Crippen LogP contribution in [0.3, 0.4) is 0 Å². The molecule has 0 saturated carbocycles. The zero-order valence-corrected chi connectivity index (χ0v) is 13.1. The normalized spacial score (nSPS) is 12.2. The molecule has 1 atom stereocenters. The fourth-order valence-corrected chi connectivity index (χ4v) is 2.65. The van der Waals surface area contributed by atoms with E-state index in [1.165, 1.54) is 0 Å². The Morgan fingerprint density at radius 3 is 2.52 bits per heavy atom. The predicted octanol–water partition coefficient (Wildman–Crippen LogP) is 3.06. The van der Waals surface area contributed by atoms with Crippen LogP contribution in [0.25, 0.3) is 0 Å². The summed E-state index contributed by atoms with van der Waals surface area (Å²) in [6.07, 6.45) is 0.618. The second kappa shape index (κ2) is 7.54. The molecule has 2 rings (SSSR count). The van der Waals surface area contributed by atoms with E-state index in [0.717, 1.165) is 5.56 Å². The number of benzene rings is 2. The van der Waals surface area contributed by atoms with Crippen LogP contribution < -0.4 is 11.1 Å². The number of aliphatic hydroxyl groups is 1. The highest BCUT2D eigenvalue weighted by atomic mass is 79.9. The van der Waals surface area contributed by atoms with Gasteiger partial charge in [-0.2, -0.15) is 0 Å². The summed E-state index contributed by atoms with van der Waals surface area (Å²) in [5.74, 6) is -0.385. The van der Waals surface area contributed by atoms with E-state index >= 15 is 0 Å². The Kier molecular flexibility index (Phi) is 5.73. The molecule has 0 amide bonds. The summed E-state index contributed by atoms with van der Waals surface area (Å²) < 4.78 is 14.6. The van der Waals surface area contributed by atoms with Crippen LogP contribution in [0.4, 0.5) is 10.1 Å². The maximum absolute atomic E-state index is 14.2. The lowest BCUT2D eigenvalue weighted by atomic mass is 10.1. The van der Waals surface area contributed by atoms with Gasteiger partial charge < -0.3 is 16.2 Å². The van der Waals surface area contributed by atoms with E-state index in [4.69, 9.17) is 5.73 Å². The number of anilines is 1. The maximum Gasteiger partial charge on any atom is 0.160 e. The molecular weight excluding hydrogens is 335 g/mol. The molecule has 2 aromatic rings. The highest BCUT2D eigenvalue weighted by molar-refractivity contribution is 9.10. The van der Waals surface area contributed by atoms with Crippen LogP contribution in [0.2, 0.25) is 0 Å². The third-order valence-corrected chi connectivity index (χ3v) is 4.14. The highest BCUT2D eigenvalue weighted by Crippen LogP contribution is 2.27. The van der Waals surface area contributed by atoms with Crippen LogP contribution in [0.1, 0.15) is 11.1 Å². The fourth-order valence-electron chi connectivity index (χ4n) is 2.14. The standard InChI is InChI=1S/C16H18BrFN2O/c17-15-12(9-19)6-7-14(16(15)18)20-13(10-21)8-11-4-2-1-3-5-11/h1-7,13,20-21H,8-10,19H2. The number of aliphatic hydroxyl groups excluding tert-OH is 1. The van der Waals surface area contributed by atoms with Crippen LogP contribution >= 0.6 is 15.9 Å². The molecule has 0 spiro atoms. The molecule has 0 saturated heterocycles. The van der Waals surface area contributed by atoms with E-state index < -0.39 is 0 Å². The summed E-state index contributed by atoms with van der Waals surface area (Å²) in [6, 6.07) is 12.9. The van der Waals surface area contributed by atoms with Gasteiger partial charge in [-0.25, -0.2) is 4.39 Å². The van der Waals surface area contributed by atoms with Crippen LogP contribution in [-0.4, -0.2) is 17.8 Å². The molecular formula is C16H18BrFN2O. The van der Waals surface area contributed by atoms with Crippen LogP contribution in [0.15, 0.2) is 46.9 Å². The minimum atomic E-state index is -0.385. The topological polar surface area (TPSA) is 58.3 Å². The van der Waals surface area contributed by atoms with Crippen molar-refractivity contribution in [1.82, 2.24) is 0 Å². The van der Waals surface area contributed by atoms with E-state index in [-0.39, 0.29) is 25.0 Å². The van der Waals surface area contributed by atoms with Crippen LogP contribution in [-0.2, 0) is 13.0 Å². The average Bonchev–Trinajstić information content (AvgIpc) is 2.52. The van der Waals surface area contributed by atoms with E-state index in [9.17, 15) is 9.50 Å². The van der Waals surface area contributed by atoms with Gasteiger partial charge in [-0.05, 0) is 39.5 Å². The molecule has 2 aromatic carbocycles. The van der Waals surface area contributed by atoms with Crippen molar-refractivity contribution in [3.05, 3.63) is 63.9 Å². The first kappa shape index (κ1) is 15.9. The van der Waals surface area contributed by atoms with Crippen molar-refractivity contribution in [2.24, 2.45) is 5.73 Å². The Balaban J connectivity index is 2.14. The molecule has 4 N–H and O–H groups in total. The Morgan fingerprint density at radius 1 is 1.19 bits per heavy atom. The Morgan fingerprint density at radius 2 is 1.90 bits per heavy atom. The predicted molar refractivity (Wildman–Crippen MR) is 86.6 cm³/mol. The van der Waals surface area contributed by atoms with Gasteiger partial charge in [0, 0.05) is 6.54 Å². The molecule has 112 valence electrons. The molecule has 0 aliphatic heterocycles. The summed E-state index contributed by atoms with van der Waals surface area (Å²) in [6.45, 7) is 0.190. The lowest BCUT2D eigenvalue weighted by Crippen LogP contribution is -2.27. The van der Waals surface area contributed by atoms with Gasteiger partial charge in [0.15, 0.2) is 5.82 Å². The SMILES string of the molecule is NCc1ccc(NC(CO)Cc2ccccc2)c(F)c1Br. The molecule has 3 nitrogen and oxygen atoms in total. The molecule has 1 unspecified atom stereocenters. The summed E-state index contributed by atoms with van der Waals surface area (Å²) in [5, 5.41) is 12.5. The summed E-state index contributed by atoms with van der Waals surface area (Å²) >= 11 is 3.21. The van der Waals surface area contributed by atoms with E-state index in [1.807, 2.05) is 30.3 Å². The zero-order valence-electron chi connectivity index (χ0n) is 11.5. The lowest BCUT2D eigenvalue weighted by molar-refractivity contribution is 0.273. The van der Waals surface area contributed by atoms with Gasteiger partial charge in [0.1, 0.15) is 0 Å². The number of rotatable bonds is 6. The van der Waals surface area contributed by atoms with E-state index in [0.29, 0.717) is 22.1 Å². The van der Waals surface area contributed by atoms with Crippen LogP contribution in [0, 0.1) is 5.82 Å². The number of nitrogens with one attached hydrogen (secondary N) is 1. The number of nitrogens with two attached hydrogens (primary N) is 1. The zero-order chi connectivity index (χ0) is 15.2. The Bertz CT molecular complexity index is 592. The molecule has 0 aliphatic carbocycles. The van der Waals surface area contributed by atoms with Gasteiger partial charge >= 0.3 is 0 Å². The van der Waals surface area contributed by atoms with E-state index in [2.05, 4.69) is 21.2 Å². The molecule has 0 bridgehead atoms. The van der Waals surface area contributed by atoms with Crippen molar-refractivity contribution in [2.75, 3.05) is 11.9 Å². The quantitative estimate of drug-likeness (QED) is 0.748.